The van der Waals surface area contributed by atoms with Crippen LogP contribution in [0.1, 0.15) is 11.1 Å². The predicted octanol–water partition coefficient (Wildman–Crippen LogP) is 3.72. The summed E-state index contributed by atoms with van der Waals surface area (Å²) in [6.07, 6.45) is -9.79. The number of halogens is 7. The van der Waals surface area contributed by atoms with Crippen molar-refractivity contribution in [2.45, 2.75) is 12.4 Å². The molecule has 0 fully saturated rings. The molecule has 0 heterocycles. The van der Waals surface area contributed by atoms with Crippen LogP contribution in [-0.2, 0) is 12.4 Å². The van der Waals surface area contributed by atoms with Crippen molar-refractivity contribution in [3.63, 3.8) is 0 Å². The standard InChI is InChI=1S/C14H7ClF6N.Li/c15-10-1-3-11(4-2-10)22-12-6-8(13(16,17)18)5-9(7-12)14(19,20)21;/h1-7H;/q-1;+1. The summed E-state index contributed by atoms with van der Waals surface area (Å²) in [5, 5.41) is 4.15. The van der Waals surface area contributed by atoms with Gasteiger partial charge in [0.1, 0.15) is 0 Å². The summed E-state index contributed by atoms with van der Waals surface area (Å²) >= 11 is 5.65. The first kappa shape index (κ1) is 19.8. The van der Waals surface area contributed by atoms with Gasteiger partial charge in [0.25, 0.3) is 0 Å². The second-order valence-electron chi connectivity index (χ2n) is 4.35. The molecule has 0 atom stereocenters. The molecule has 9 heteroatoms. The molecule has 0 radical (unpaired) electrons. The van der Waals surface area contributed by atoms with Gasteiger partial charge in [-0.3, -0.25) is 0 Å². The Kier molecular flexibility index (Phi) is 6.08. The number of benzene rings is 2. The molecule has 2 aromatic carbocycles. The predicted molar refractivity (Wildman–Crippen MR) is 70.6 cm³/mol. The van der Waals surface area contributed by atoms with E-state index in [-0.39, 0.29) is 30.6 Å². The van der Waals surface area contributed by atoms with Crippen LogP contribution in [0.25, 0.3) is 5.32 Å². The molecule has 0 saturated heterocycles. The van der Waals surface area contributed by atoms with E-state index in [1.54, 1.807) is 0 Å². The molecule has 0 N–H and O–H groups in total. The summed E-state index contributed by atoms with van der Waals surface area (Å²) in [6.45, 7) is 0. The van der Waals surface area contributed by atoms with Crippen LogP contribution in [0.4, 0.5) is 37.7 Å². The van der Waals surface area contributed by atoms with E-state index in [1.807, 2.05) is 0 Å². The number of hydrogen-bond acceptors (Lipinski definition) is 0. The minimum Gasteiger partial charge on any atom is -0.658 e. The molecule has 0 aliphatic rings. The molecule has 0 saturated carbocycles. The Bertz CT molecular complexity index is 634. The van der Waals surface area contributed by atoms with Crippen molar-refractivity contribution in [2.24, 2.45) is 0 Å². The van der Waals surface area contributed by atoms with Gasteiger partial charge in [-0.25, -0.2) is 0 Å². The monoisotopic (exact) mass is 345 g/mol. The molecule has 118 valence electrons. The first-order chi connectivity index (χ1) is 10.1. The van der Waals surface area contributed by atoms with Crippen LogP contribution in [0, 0.1) is 0 Å². The number of nitrogens with zero attached hydrogens (tertiary/aromatic N) is 1. The Morgan fingerprint density at radius 1 is 0.696 bits per heavy atom. The first-order valence-electron chi connectivity index (χ1n) is 5.82. The van der Waals surface area contributed by atoms with Gasteiger partial charge in [-0.15, -0.1) is 11.4 Å². The smallest absolute Gasteiger partial charge is 0.658 e. The Morgan fingerprint density at radius 3 is 1.52 bits per heavy atom. The van der Waals surface area contributed by atoms with E-state index in [4.69, 9.17) is 11.6 Å². The maximum Gasteiger partial charge on any atom is 1.00 e. The molecule has 23 heavy (non-hydrogen) atoms. The maximum absolute atomic E-state index is 12.7. The summed E-state index contributed by atoms with van der Waals surface area (Å²) in [5.74, 6) is 0. The van der Waals surface area contributed by atoms with Gasteiger partial charge in [-0.1, -0.05) is 35.9 Å². The first-order valence-corrected chi connectivity index (χ1v) is 6.20. The quantitative estimate of drug-likeness (QED) is 0.582. The van der Waals surface area contributed by atoms with Crippen LogP contribution in [0.5, 0.6) is 0 Å². The maximum atomic E-state index is 12.7. The van der Waals surface area contributed by atoms with E-state index in [0.29, 0.717) is 17.2 Å². The van der Waals surface area contributed by atoms with Crippen molar-refractivity contribution in [1.29, 1.82) is 0 Å². The molecule has 0 aliphatic carbocycles. The third kappa shape index (κ3) is 5.38. The van der Waals surface area contributed by atoms with Gasteiger partial charge in [0.15, 0.2) is 0 Å². The zero-order valence-corrected chi connectivity index (χ0v) is 12.4. The fourth-order valence-corrected chi connectivity index (χ4v) is 1.79. The minimum atomic E-state index is -4.90. The van der Waals surface area contributed by atoms with Crippen LogP contribution >= 0.6 is 11.6 Å². The minimum absolute atomic E-state index is 0. The zero-order valence-electron chi connectivity index (χ0n) is 11.6. The Balaban J connectivity index is 0.00000264. The van der Waals surface area contributed by atoms with E-state index >= 15 is 0 Å². The van der Waals surface area contributed by atoms with Crippen LogP contribution < -0.4 is 18.9 Å². The molecule has 2 aromatic rings. The number of alkyl halides is 6. The molecule has 0 bridgehead atoms. The van der Waals surface area contributed by atoms with E-state index in [9.17, 15) is 26.3 Å². The van der Waals surface area contributed by atoms with Crippen molar-refractivity contribution in [2.75, 3.05) is 0 Å². The van der Waals surface area contributed by atoms with E-state index in [1.165, 1.54) is 24.3 Å². The summed E-state index contributed by atoms with van der Waals surface area (Å²) in [5.41, 5.74) is -3.06. The summed E-state index contributed by atoms with van der Waals surface area (Å²) < 4.78 is 76.2. The molecular weight excluding hydrogens is 339 g/mol. The van der Waals surface area contributed by atoms with Crippen LogP contribution in [0.15, 0.2) is 42.5 Å². The van der Waals surface area contributed by atoms with Gasteiger partial charge in [0.2, 0.25) is 0 Å². The molecule has 0 aromatic heterocycles. The normalized spacial score (nSPS) is 11.8. The van der Waals surface area contributed by atoms with Crippen LogP contribution in [0.2, 0.25) is 5.02 Å². The van der Waals surface area contributed by atoms with Gasteiger partial charge in [0, 0.05) is 5.02 Å². The molecule has 1 nitrogen and oxygen atoms in total. The Hall–Kier alpha value is -1.29. The van der Waals surface area contributed by atoms with Crippen molar-refractivity contribution in [1.82, 2.24) is 0 Å². The largest absolute Gasteiger partial charge is 1.00 e. The summed E-state index contributed by atoms with van der Waals surface area (Å²) in [6, 6.07) is 6.80. The Labute approximate surface area is 144 Å². The van der Waals surface area contributed by atoms with Gasteiger partial charge in [0.05, 0.1) is 11.1 Å². The fraction of sp³-hybridized carbons (Fsp3) is 0.143. The number of hydrogen-bond donors (Lipinski definition) is 0. The van der Waals surface area contributed by atoms with E-state index in [0.717, 1.165) is 0 Å². The second-order valence-corrected chi connectivity index (χ2v) is 4.79. The van der Waals surface area contributed by atoms with Gasteiger partial charge in [-0.2, -0.15) is 26.3 Å². The molecular formula is C14H7ClF6LiN. The molecule has 2 rings (SSSR count). The van der Waals surface area contributed by atoms with Crippen molar-refractivity contribution >= 4 is 23.0 Å². The van der Waals surface area contributed by atoms with Crippen LogP contribution in [-0.4, -0.2) is 0 Å². The third-order valence-corrected chi connectivity index (χ3v) is 2.91. The van der Waals surface area contributed by atoms with Crippen molar-refractivity contribution < 1.29 is 45.2 Å². The third-order valence-electron chi connectivity index (χ3n) is 2.66. The second kappa shape index (κ2) is 7.08. The average Bonchev–Trinajstić information content (AvgIpc) is 2.39. The van der Waals surface area contributed by atoms with Crippen LogP contribution in [0.3, 0.4) is 0 Å². The topological polar surface area (TPSA) is 14.1 Å². The van der Waals surface area contributed by atoms with E-state index in [2.05, 4.69) is 5.32 Å². The van der Waals surface area contributed by atoms with Gasteiger partial charge < -0.3 is 5.32 Å². The van der Waals surface area contributed by atoms with E-state index < -0.39 is 29.2 Å². The van der Waals surface area contributed by atoms with Gasteiger partial charge in [-0.05, 0) is 18.2 Å². The zero-order chi connectivity index (χ0) is 16.5. The molecule has 0 unspecified atom stereocenters. The fourth-order valence-electron chi connectivity index (χ4n) is 1.67. The molecule has 0 spiro atoms. The average molecular weight is 346 g/mol. The summed E-state index contributed by atoms with van der Waals surface area (Å²) in [4.78, 5) is 0. The summed E-state index contributed by atoms with van der Waals surface area (Å²) in [7, 11) is 0. The number of rotatable bonds is 2. The van der Waals surface area contributed by atoms with Crippen molar-refractivity contribution in [3.8, 4) is 0 Å². The SMILES string of the molecule is FC(F)(F)c1cc([N-]c2ccc(Cl)cc2)cc(C(F)(F)F)c1.[Li+]. The van der Waals surface area contributed by atoms with Crippen molar-refractivity contribution in [3.05, 3.63) is 63.9 Å². The van der Waals surface area contributed by atoms with Gasteiger partial charge >= 0.3 is 31.2 Å². The molecule has 0 amide bonds. The Morgan fingerprint density at radius 2 is 1.13 bits per heavy atom. The molecule has 0 aliphatic heterocycles.